The van der Waals surface area contributed by atoms with Crippen LogP contribution in [-0.4, -0.2) is 57.9 Å². The minimum atomic E-state index is -0.700. The Morgan fingerprint density at radius 2 is 2.00 bits per heavy atom. The van der Waals surface area contributed by atoms with Gasteiger partial charge in [0.25, 0.3) is 5.56 Å². The van der Waals surface area contributed by atoms with Crippen LogP contribution in [0.2, 0.25) is 0 Å². The van der Waals surface area contributed by atoms with Crippen LogP contribution in [0, 0.1) is 0 Å². The summed E-state index contributed by atoms with van der Waals surface area (Å²) in [5.41, 5.74) is 1.26. The molecule has 3 aromatic rings. The molecule has 2 aliphatic rings. The van der Waals surface area contributed by atoms with Gasteiger partial charge in [0.2, 0.25) is 12.7 Å². The van der Waals surface area contributed by atoms with Crippen molar-refractivity contribution in [3.63, 3.8) is 0 Å². The Bertz CT molecular complexity index is 1200. The van der Waals surface area contributed by atoms with Gasteiger partial charge in [0.15, 0.2) is 17.3 Å². The first kappa shape index (κ1) is 19.2. The summed E-state index contributed by atoms with van der Waals surface area (Å²) in [6.07, 6.45) is 2.30. The summed E-state index contributed by atoms with van der Waals surface area (Å²) in [5.74, 6) is 1.44. The van der Waals surface area contributed by atoms with Crippen LogP contribution < -0.4 is 19.9 Å². The van der Waals surface area contributed by atoms with Crippen molar-refractivity contribution in [3.8, 4) is 22.9 Å². The molecule has 0 bridgehead atoms. The Balaban J connectivity index is 1.42. The van der Waals surface area contributed by atoms with Crippen molar-refractivity contribution in [2.24, 2.45) is 7.05 Å². The van der Waals surface area contributed by atoms with Crippen LogP contribution in [0.25, 0.3) is 11.4 Å². The van der Waals surface area contributed by atoms with Crippen molar-refractivity contribution in [2.75, 3.05) is 31.4 Å². The molecular weight excluding hydrogens is 402 g/mol. The van der Waals surface area contributed by atoms with Crippen molar-refractivity contribution < 1.29 is 19.0 Å². The summed E-state index contributed by atoms with van der Waals surface area (Å²) < 4.78 is 17.9. The SMILES string of the molecule is Cn1c(N2CCOC(C(=O)c3ccc4c(c3)OCO4)C2)nc(-c2ccncn2)cc1=O. The van der Waals surface area contributed by atoms with E-state index in [1.54, 1.807) is 37.5 Å². The molecular formula is C21H19N5O5. The van der Waals surface area contributed by atoms with Gasteiger partial charge >= 0.3 is 0 Å². The molecule has 0 spiro atoms. The lowest BCUT2D eigenvalue weighted by atomic mass is 10.0. The second-order valence-corrected chi connectivity index (χ2v) is 7.17. The predicted molar refractivity (Wildman–Crippen MR) is 109 cm³/mol. The van der Waals surface area contributed by atoms with E-state index in [1.807, 2.05) is 4.90 Å². The highest BCUT2D eigenvalue weighted by atomic mass is 16.7. The monoisotopic (exact) mass is 421 g/mol. The van der Waals surface area contributed by atoms with E-state index < -0.39 is 6.10 Å². The van der Waals surface area contributed by atoms with Gasteiger partial charge in [-0.15, -0.1) is 0 Å². The Morgan fingerprint density at radius 3 is 2.84 bits per heavy atom. The second kappa shape index (κ2) is 7.80. The van der Waals surface area contributed by atoms with E-state index in [4.69, 9.17) is 14.2 Å². The molecule has 2 aromatic heterocycles. The predicted octanol–water partition coefficient (Wildman–Crippen LogP) is 1.05. The largest absolute Gasteiger partial charge is 0.454 e. The number of fused-ring (bicyclic) bond motifs is 1. The minimum absolute atomic E-state index is 0.142. The van der Waals surface area contributed by atoms with Crippen LogP contribution in [0.4, 0.5) is 5.95 Å². The number of rotatable bonds is 4. The number of carbonyl (C=O) groups excluding carboxylic acids is 1. The van der Waals surface area contributed by atoms with E-state index in [0.717, 1.165) is 0 Å². The molecule has 10 nitrogen and oxygen atoms in total. The van der Waals surface area contributed by atoms with Gasteiger partial charge in [0.05, 0.1) is 24.5 Å². The van der Waals surface area contributed by atoms with Gasteiger partial charge in [-0.2, -0.15) is 0 Å². The third kappa shape index (κ3) is 3.61. The van der Waals surface area contributed by atoms with Gasteiger partial charge in [0, 0.05) is 31.4 Å². The molecule has 1 aromatic carbocycles. The highest BCUT2D eigenvalue weighted by molar-refractivity contribution is 6.00. The number of aromatic nitrogens is 4. The van der Waals surface area contributed by atoms with Crippen molar-refractivity contribution in [2.45, 2.75) is 6.10 Å². The van der Waals surface area contributed by atoms with E-state index in [1.165, 1.54) is 17.0 Å². The third-order valence-corrected chi connectivity index (χ3v) is 5.25. The van der Waals surface area contributed by atoms with E-state index in [0.29, 0.717) is 47.6 Å². The zero-order chi connectivity index (χ0) is 21.4. The fourth-order valence-corrected chi connectivity index (χ4v) is 3.61. The maximum Gasteiger partial charge on any atom is 0.255 e. The summed E-state index contributed by atoms with van der Waals surface area (Å²) >= 11 is 0. The van der Waals surface area contributed by atoms with Crippen molar-refractivity contribution in [1.82, 2.24) is 19.5 Å². The molecule has 31 heavy (non-hydrogen) atoms. The number of nitrogens with zero attached hydrogens (tertiary/aromatic N) is 5. The molecule has 1 atom stereocenters. The molecule has 0 radical (unpaired) electrons. The number of hydrogen-bond donors (Lipinski definition) is 0. The smallest absolute Gasteiger partial charge is 0.255 e. The number of ketones is 1. The minimum Gasteiger partial charge on any atom is -0.454 e. The van der Waals surface area contributed by atoms with E-state index in [9.17, 15) is 9.59 Å². The summed E-state index contributed by atoms with van der Waals surface area (Å²) in [6.45, 7) is 1.23. The summed E-state index contributed by atoms with van der Waals surface area (Å²) in [6, 6.07) is 8.20. The van der Waals surface area contributed by atoms with Crippen LogP contribution in [0.3, 0.4) is 0 Å². The van der Waals surface area contributed by atoms with Crippen LogP contribution in [0.1, 0.15) is 10.4 Å². The van der Waals surface area contributed by atoms with Crippen molar-refractivity contribution in [3.05, 3.63) is 58.8 Å². The molecule has 0 saturated carbocycles. The Kier molecular flexibility index (Phi) is 4.83. The van der Waals surface area contributed by atoms with Crippen LogP contribution in [-0.2, 0) is 11.8 Å². The highest BCUT2D eigenvalue weighted by Gasteiger charge is 2.30. The zero-order valence-electron chi connectivity index (χ0n) is 16.7. The van der Waals surface area contributed by atoms with Gasteiger partial charge in [0.1, 0.15) is 12.4 Å². The van der Waals surface area contributed by atoms with Gasteiger partial charge in [-0.1, -0.05) is 0 Å². The normalized spacial score (nSPS) is 17.6. The van der Waals surface area contributed by atoms with Gasteiger partial charge in [-0.05, 0) is 24.3 Å². The average molecular weight is 421 g/mol. The molecule has 2 aliphatic heterocycles. The first-order valence-electron chi connectivity index (χ1n) is 9.75. The lowest BCUT2D eigenvalue weighted by molar-refractivity contribution is 0.0336. The molecule has 158 valence electrons. The molecule has 0 amide bonds. The Hall–Kier alpha value is -3.79. The summed E-state index contributed by atoms with van der Waals surface area (Å²) in [5, 5.41) is 0. The molecule has 0 N–H and O–H groups in total. The molecule has 1 fully saturated rings. The highest BCUT2D eigenvalue weighted by Crippen LogP contribution is 2.33. The number of anilines is 1. The number of morpholine rings is 1. The first-order chi connectivity index (χ1) is 15.1. The van der Waals surface area contributed by atoms with Crippen LogP contribution in [0.15, 0.2) is 47.7 Å². The van der Waals surface area contributed by atoms with Gasteiger partial charge in [-0.3, -0.25) is 14.2 Å². The lowest BCUT2D eigenvalue weighted by Gasteiger charge is -2.33. The molecule has 1 saturated heterocycles. The number of Topliss-reactive ketones (excluding diaryl/α,β-unsaturated/α-hetero) is 1. The summed E-state index contributed by atoms with van der Waals surface area (Å²) in [7, 11) is 1.65. The maximum atomic E-state index is 13.1. The second-order valence-electron chi connectivity index (χ2n) is 7.17. The topological polar surface area (TPSA) is 109 Å². The fourth-order valence-electron chi connectivity index (χ4n) is 3.61. The van der Waals surface area contributed by atoms with Crippen molar-refractivity contribution >= 4 is 11.7 Å². The third-order valence-electron chi connectivity index (χ3n) is 5.25. The Labute approximate surface area is 177 Å². The van der Waals surface area contributed by atoms with Crippen LogP contribution in [0.5, 0.6) is 11.5 Å². The fraction of sp³-hybridized carbons (Fsp3) is 0.286. The van der Waals surface area contributed by atoms with E-state index in [-0.39, 0.29) is 24.7 Å². The van der Waals surface area contributed by atoms with E-state index in [2.05, 4.69) is 15.0 Å². The maximum absolute atomic E-state index is 13.1. The summed E-state index contributed by atoms with van der Waals surface area (Å²) in [4.78, 5) is 40.2. The van der Waals surface area contributed by atoms with Gasteiger partial charge in [-0.25, -0.2) is 15.0 Å². The molecule has 10 heteroatoms. The number of benzene rings is 1. The first-order valence-corrected chi connectivity index (χ1v) is 9.75. The number of carbonyl (C=O) groups is 1. The lowest BCUT2D eigenvalue weighted by Crippen LogP contribution is -2.48. The Morgan fingerprint density at radius 1 is 1.13 bits per heavy atom. The molecule has 1 unspecified atom stereocenters. The zero-order valence-corrected chi connectivity index (χ0v) is 16.7. The van der Waals surface area contributed by atoms with Crippen LogP contribution >= 0.6 is 0 Å². The molecule has 0 aliphatic carbocycles. The number of ether oxygens (including phenoxy) is 3. The van der Waals surface area contributed by atoms with Crippen molar-refractivity contribution in [1.29, 1.82) is 0 Å². The quantitative estimate of drug-likeness (QED) is 0.571. The number of hydrogen-bond acceptors (Lipinski definition) is 9. The molecule has 4 heterocycles. The van der Waals surface area contributed by atoms with Gasteiger partial charge < -0.3 is 19.1 Å². The van der Waals surface area contributed by atoms with E-state index >= 15 is 0 Å². The molecule has 5 rings (SSSR count). The average Bonchev–Trinajstić information content (AvgIpc) is 3.29. The standard InChI is InChI=1S/C21H19N5O5/c1-25-19(27)9-15(14-4-5-22-11-23-14)24-21(25)26-6-7-29-18(10-26)20(28)13-2-3-16-17(8-13)31-12-30-16/h2-5,8-9,11,18H,6-7,10,12H2,1H3.